The number of benzene rings is 1. The lowest BCUT2D eigenvalue weighted by Gasteiger charge is -2.18. The molecule has 0 fully saturated rings. The first-order valence-corrected chi connectivity index (χ1v) is 6.52. The number of nitrogens with zero attached hydrogens (tertiary/aromatic N) is 1. The van der Waals surface area contributed by atoms with E-state index in [1.54, 1.807) is 23.6 Å². The Kier molecular flexibility index (Phi) is 2.96. The number of carbonyl (C=O) groups excluding carboxylic acids is 1. The van der Waals surface area contributed by atoms with Gasteiger partial charge in [0.25, 0.3) is 5.91 Å². The van der Waals surface area contributed by atoms with E-state index in [0.29, 0.717) is 41.2 Å². The second kappa shape index (κ2) is 4.77. The monoisotopic (exact) mass is 277 g/mol. The highest BCUT2D eigenvalue weighted by Gasteiger charge is 2.14. The molecule has 0 spiro atoms. The Labute approximate surface area is 113 Å². The van der Waals surface area contributed by atoms with Crippen LogP contribution in [0.5, 0.6) is 11.5 Å². The molecule has 0 unspecified atom stereocenters. The van der Waals surface area contributed by atoms with Gasteiger partial charge in [0, 0.05) is 17.1 Å². The molecule has 0 bridgehead atoms. The van der Waals surface area contributed by atoms with Crippen LogP contribution in [0.3, 0.4) is 0 Å². The topological polar surface area (TPSA) is 86.5 Å². The van der Waals surface area contributed by atoms with Crippen molar-refractivity contribution in [3.63, 3.8) is 0 Å². The number of nitrogen functional groups attached to an aromatic ring is 1. The van der Waals surface area contributed by atoms with Gasteiger partial charge < -0.3 is 20.5 Å². The Morgan fingerprint density at radius 2 is 2.11 bits per heavy atom. The predicted octanol–water partition coefficient (Wildman–Crippen LogP) is 1.75. The number of amides is 1. The third-order valence-electron chi connectivity index (χ3n) is 2.55. The van der Waals surface area contributed by atoms with Crippen molar-refractivity contribution in [2.24, 2.45) is 0 Å². The van der Waals surface area contributed by atoms with Crippen LogP contribution in [0.25, 0.3) is 0 Å². The maximum atomic E-state index is 11.9. The molecule has 7 heteroatoms. The number of hydrogen-bond acceptors (Lipinski definition) is 6. The van der Waals surface area contributed by atoms with Gasteiger partial charge in [-0.3, -0.25) is 4.79 Å². The lowest BCUT2D eigenvalue weighted by molar-refractivity contribution is 0.102. The lowest BCUT2D eigenvalue weighted by atomic mass is 10.2. The van der Waals surface area contributed by atoms with Gasteiger partial charge in [-0.1, -0.05) is 0 Å². The van der Waals surface area contributed by atoms with Gasteiger partial charge in [-0.05, 0) is 12.1 Å². The number of fused-ring (bicyclic) bond motifs is 1. The van der Waals surface area contributed by atoms with Gasteiger partial charge in [0.1, 0.15) is 18.9 Å². The maximum absolute atomic E-state index is 11.9. The molecule has 1 aromatic heterocycles. The molecular weight excluding hydrogens is 266 g/mol. The highest BCUT2D eigenvalue weighted by atomic mass is 32.1. The first-order chi connectivity index (χ1) is 9.22. The fourth-order valence-corrected chi connectivity index (χ4v) is 2.25. The van der Waals surface area contributed by atoms with E-state index >= 15 is 0 Å². The van der Waals surface area contributed by atoms with Crippen molar-refractivity contribution in [2.75, 3.05) is 24.3 Å². The van der Waals surface area contributed by atoms with Crippen LogP contribution in [0.1, 0.15) is 10.5 Å². The van der Waals surface area contributed by atoms with E-state index < -0.39 is 0 Å². The van der Waals surface area contributed by atoms with Crippen LogP contribution in [0.15, 0.2) is 23.6 Å². The van der Waals surface area contributed by atoms with Crippen molar-refractivity contribution in [3.05, 3.63) is 29.3 Å². The summed E-state index contributed by atoms with van der Waals surface area (Å²) in [4.78, 5) is 15.8. The van der Waals surface area contributed by atoms with Gasteiger partial charge >= 0.3 is 0 Å². The second-order valence-electron chi connectivity index (χ2n) is 3.88. The number of nitrogens with two attached hydrogens (primary N) is 1. The molecule has 1 aromatic carbocycles. The Balaban J connectivity index is 1.78. The Hall–Kier alpha value is -2.28. The molecule has 0 aliphatic carbocycles. The van der Waals surface area contributed by atoms with Gasteiger partial charge in [-0.2, -0.15) is 0 Å². The zero-order chi connectivity index (χ0) is 13.2. The third kappa shape index (κ3) is 2.45. The summed E-state index contributed by atoms with van der Waals surface area (Å²) < 4.78 is 10.9. The number of carbonyl (C=O) groups is 1. The van der Waals surface area contributed by atoms with Crippen LogP contribution in [0.4, 0.5) is 10.8 Å². The summed E-state index contributed by atoms with van der Waals surface area (Å²) in [6, 6.07) is 5.24. The largest absolute Gasteiger partial charge is 0.486 e. The van der Waals surface area contributed by atoms with Crippen molar-refractivity contribution in [1.29, 1.82) is 0 Å². The van der Waals surface area contributed by atoms with Crippen LogP contribution < -0.4 is 20.5 Å². The third-order valence-corrected chi connectivity index (χ3v) is 3.23. The molecule has 2 heterocycles. The number of ether oxygens (including phenoxy) is 2. The molecule has 19 heavy (non-hydrogen) atoms. The average Bonchev–Trinajstić information content (AvgIpc) is 2.85. The van der Waals surface area contributed by atoms with E-state index in [4.69, 9.17) is 15.2 Å². The first kappa shape index (κ1) is 11.8. The Bertz CT molecular complexity index is 626. The summed E-state index contributed by atoms with van der Waals surface area (Å²) in [5.74, 6) is 1.01. The number of anilines is 2. The molecule has 3 N–H and O–H groups in total. The van der Waals surface area contributed by atoms with Crippen LogP contribution in [0.2, 0.25) is 0 Å². The Morgan fingerprint density at radius 3 is 2.84 bits per heavy atom. The predicted molar refractivity (Wildman–Crippen MR) is 71.9 cm³/mol. The van der Waals surface area contributed by atoms with Crippen LogP contribution in [0, 0.1) is 0 Å². The molecule has 98 valence electrons. The maximum Gasteiger partial charge on any atom is 0.275 e. The molecule has 0 saturated carbocycles. The number of hydrogen-bond donors (Lipinski definition) is 2. The van der Waals surface area contributed by atoms with Gasteiger partial charge in [0.05, 0.1) is 0 Å². The minimum Gasteiger partial charge on any atom is -0.486 e. The number of thiazole rings is 1. The summed E-state index contributed by atoms with van der Waals surface area (Å²) in [5.41, 5.74) is 6.42. The molecule has 1 amide bonds. The summed E-state index contributed by atoms with van der Waals surface area (Å²) in [7, 11) is 0. The fourth-order valence-electron chi connectivity index (χ4n) is 1.71. The summed E-state index contributed by atoms with van der Waals surface area (Å²) >= 11 is 1.23. The molecule has 0 atom stereocenters. The van der Waals surface area contributed by atoms with Crippen molar-refractivity contribution in [3.8, 4) is 11.5 Å². The Morgan fingerprint density at radius 1 is 1.32 bits per heavy atom. The first-order valence-electron chi connectivity index (χ1n) is 5.64. The van der Waals surface area contributed by atoms with E-state index in [9.17, 15) is 4.79 Å². The van der Waals surface area contributed by atoms with Crippen molar-refractivity contribution in [1.82, 2.24) is 4.98 Å². The molecule has 0 saturated heterocycles. The zero-order valence-electron chi connectivity index (χ0n) is 9.88. The number of nitrogens with one attached hydrogen (secondary N) is 1. The highest BCUT2D eigenvalue weighted by Crippen LogP contribution is 2.32. The summed E-state index contributed by atoms with van der Waals surface area (Å²) in [6.07, 6.45) is 0. The molecule has 1 aliphatic heterocycles. The van der Waals surface area contributed by atoms with Gasteiger partial charge in [0.15, 0.2) is 16.6 Å². The van der Waals surface area contributed by atoms with Gasteiger partial charge in [0.2, 0.25) is 0 Å². The molecule has 1 aliphatic rings. The second-order valence-corrected chi connectivity index (χ2v) is 4.77. The highest BCUT2D eigenvalue weighted by molar-refractivity contribution is 7.13. The van der Waals surface area contributed by atoms with Gasteiger partial charge in [-0.25, -0.2) is 4.98 Å². The normalized spacial score (nSPS) is 13.1. The fraction of sp³-hybridized carbons (Fsp3) is 0.167. The summed E-state index contributed by atoms with van der Waals surface area (Å²) in [6.45, 7) is 1.05. The van der Waals surface area contributed by atoms with Crippen LogP contribution >= 0.6 is 11.3 Å². The molecule has 0 radical (unpaired) electrons. The molecule has 6 nitrogen and oxygen atoms in total. The van der Waals surface area contributed by atoms with Crippen LogP contribution in [-0.2, 0) is 0 Å². The van der Waals surface area contributed by atoms with E-state index in [1.165, 1.54) is 11.3 Å². The van der Waals surface area contributed by atoms with Crippen molar-refractivity contribution >= 4 is 28.1 Å². The molecular formula is C12H11N3O3S. The van der Waals surface area contributed by atoms with Crippen LogP contribution in [-0.4, -0.2) is 24.1 Å². The van der Waals surface area contributed by atoms with E-state index in [2.05, 4.69) is 10.3 Å². The summed E-state index contributed by atoms with van der Waals surface area (Å²) in [5, 5.41) is 4.72. The van der Waals surface area contributed by atoms with Gasteiger partial charge in [-0.15, -0.1) is 11.3 Å². The average molecular weight is 277 g/mol. The van der Waals surface area contributed by atoms with Crippen molar-refractivity contribution in [2.45, 2.75) is 0 Å². The van der Waals surface area contributed by atoms with E-state index in [0.717, 1.165) is 0 Å². The minimum atomic E-state index is -0.301. The van der Waals surface area contributed by atoms with E-state index in [1.807, 2.05) is 0 Å². The standard InChI is InChI=1S/C12H11N3O3S/c13-12-15-8(6-19-12)11(16)14-7-1-2-9-10(5-7)18-4-3-17-9/h1-2,5-6H,3-4H2,(H2,13,15)(H,14,16). The zero-order valence-corrected chi connectivity index (χ0v) is 10.7. The molecule has 3 rings (SSSR count). The number of rotatable bonds is 2. The molecule has 2 aromatic rings. The minimum absolute atomic E-state index is 0.301. The van der Waals surface area contributed by atoms with Crippen molar-refractivity contribution < 1.29 is 14.3 Å². The smallest absolute Gasteiger partial charge is 0.275 e. The number of aromatic nitrogens is 1. The van der Waals surface area contributed by atoms with E-state index in [-0.39, 0.29) is 5.91 Å². The lowest BCUT2D eigenvalue weighted by Crippen LogP contribution is -2.16. The quantitative estimate of drug-likeness (QED) is 0.873. The SMILES string of the molecule is Nc1nc(C(=O)Nc2ccc3c(c2)OCCO3)cs1.